The maximum absolute atomic E-state index is 13.1. The molecule has 0 saturated heterocycles. The third-order valence-electron chi connectivity index (χ3n) is 2.81. The Morgan fingerprint density at radius 2 is 1.65 bits per heavy atom. The van der Waals surface area contributed by atoms with Crippen molar-refractivity contribution in [2.45, 2.75) is 18.7 Å². The molecule has 0 radical (unpaired) electrons. The van der Waals surface area contributed by atoms with E-state index >= 15 is 0 Å². The molecule has 0 spiro atoms. The van der Waals surface area contributed by atoms with Crippen LogP contribution < -0.4 is 13.7 Å². The summed E-state index contributed by atoms with van der Waals surface area (Å²) in [6.07, 6.45) is 0. The summed E-state index contributed by atoms with van der Waals surface area (Å²) in [6.45, 7) is 4.37. The first-order valence-corrected chi connectivity index (χ1v) is 8.46. The molecule has 0 aliphatic heterocycles. The van der Waals surface area contributed by atoms with E-state index in [0.29, 0.717) is 24.7 Å². The van der Waals surface area contributed by atoms with Crippen LogP contribution in [0.3, 0.4) is 0 Å². The number of hydrogen-bond acceptors (Lipinski definition) is 5. The van der Waals surface area contributed by atoms with Crippen molar-refractivity contribution in [1.29, 1.82) is 0 Å². The monoisotopic (exact) mass is 340 g/mol. The Labute approximate surface area is 134 Å². The highest BCUT2D eigenvalue weighted by Gasteiger charge is 2.20. The smallest absolute Gasteiger partial charge is 0.339 e. The van der Waals surface area contributed by atoms with Crippen molar-refractivity contribution in [3.63, 3.8) is 0 Å². The van der Waals surface area contributed by atoms with Crippen molar-refractivity contribution in [3.05, 3.63) is 48.3 Å². The van der Waals surface area contributed by atoms with Crippen LogP contribution in [0.25, 0.3) is 0 Å². The van der Waals surface area contributed by atoms with Crippen molar-refractivity contribution in [2.75, 3.05) is 13.2 Å². The van der Waals surface area contributed by atoms with E-state index in [0.717, 1.165) is 6.07 Å². The molecule has 0 unspecified atom stereocenters. The van der Waals surface area contributed by atoms with Gasteiger partial charge < -0.3 is 13.7 Å². The van der Waals surface area contributed by atoms with Gasteiger partial charge in [0.05, 0.1) is 13.2 Å². The molecule has 124 valence electrons. The topological polar surface area (TPSA) is 61.8 Å². The molecule has 5 nitrogen and oxygen atoms in total. The summed E-state index contributed by atoms with van der Waals surface area (Å²) in [5.41, 5.74) is 0. The van der Waals surface area contributed by atoms with Gasteiger partial charge in [-0.15, -0.1) is 0 Å². The van der Waals surface area contributed by atoms with Gasteiger partial charge in [0.15, 0.2) is 11.5 Å². The summed E-state index contributed by atoms with van der Waals surface area (Å²) in [6, 6.07) is 9.09. The van der Waals surface area contributed by atoms with Gasteiger partial charge in [0.1, 0.15) is 16.5 Å². The van der Waals surface area contributed by atoms with Gasteiger partial charge in [-0.1, -0.05) is 6.07 Å². The highest BCUT2D eigenvalue weighted by Crippen LogP contribution is 2.31. The van der Waals surface area contributed by atoms with Crippen LogP contribution in [-0.2, 0) is 10.1 Å². The molecule has 0 fully saturated rings. The number of hydrogen-bond donors (Lipinski definition) is 0. The lowest BCUT2D eigenvalue weighted by molar-refractivity contribution is 0.287. The largest absolute Gasteiger partial charge is 0.490 e. The number of benzene rings is 2. The maximum Gasteiger partial charge on any atom is 0.339 e. The van der Waals surface area contributed by atoms with Gasteiger partial charge in [-0.25, -0.2) is 4.39 Å². The molecule has 7 heteroatoms. The SMILES string of the molecule is CCOc1ccc(S(=O)(=O)Oc2cccc(F)c2)cc1OCC. The number of ether oxygens (including phenoxy) is 2. The van der Waals surface area contributed by atoms with Gasteiger partial charge in [0.2, 0.25) is 0 Å². The molecule has 0 bridgehead atoms. The van der Waals surface area contributed by atoms with Crippen LogP contribution >= 0.6 is 0 Å². The highest BCUT2D eigenvalue weighted by molar-refractivity contribution is 7.87. The average molecular weight is 340 g/mol. The normalized spacial score (nSPS) is 11.1. The standard InChI is InChI=1S/C16H17FO5S/c1-3-20-15-9-8-14(11-16(15)21-4-2)23(18,19)22-13-7-5-6-12(17)10-13/h5-11H,3-4H2,1-2H3. The van der Waals surface area contributed by atoms with Crippen LogP contribution in [-0.4, -0.2) is 21.6 Å². The lowest BCUT2D eigenvalue weighted by Crippen LogP contribution is -2.10. The fraction of sp³-hybridized carbons (Fsp3) is 0.250. The van der Waals surface area contributed by atoms with Gasteiger partial charge in [-0.3, -0.25) is 0 Å². The van der Waals surface area contributed by atoms with E-state index in [1.54, 1.807) is 6.92 Å². The minimum Gasteiger partial charge on any atom is -0.490 e. The number of rotatable bonds is 7. The van der Waals surface area contributed by atoms with Crippen LogP contribution in [0.2, 0.25) is 0 Å². The maximum atomic E-state index is 13.1. The fourth-order valence-electron chi connectivity index (χ4n) is 1.88. The highest BCUT2D eigenvalue weighted by atomic mass is 32.2. The summed E-state index contributed by atoms with van der Waals surface area (Å²) >= 11 is 0. The van der Waals surface area contributed by atoms with E-state index in [9.17, 15) is 12.8 Å². The molecule has 0 aliphatic carbocycles. The van der Waals surface area contributed by atoms with Gasteiger partial charge in [-0.05, 0) is 38.1 Å². The molecular formula is C16H17FO5S. The minimum atomic E-state index is -4.10. The fourth-order valence-corrected chi connectivity index (χ4v) is 2.82. The van der Waals surface area contributed by atoms with Crippen molar-refractivity contribution < 1.29 is 26.5 Å². The lowest BCUT2D eigenvalue weighted by Gasteiger charge is -2.13. The molecule has 0 heterocycles. The first-order valence-electron chi connectivity index (χ1n) is 7.06. The first kappa shape index (κ1) is 17.1. The van der Waals surface area contributed by atoms with Crippen molar-refractivity contribution in [2.24, 2.45) is 0 Å². The van der Waals surface area contributed by atoms with E-state index in [4.69, 9.17) is 13.7 Å². The zero-order valence-electron chi connectivity index (χ0n) is 12.8. The van der Waals surface area contributed by atoms with E-state index in [2.05, 4.69) is 0 Å². The van der Waals surface area contributed by atoms with E-state index in [1.807, 2.05) is 6.92 Å². The Kier molecular flexibility index (Phi) is 5.44. The molecular weight excluding hydrogens is 323 g/mol. The summed E-state index contributed by atoms with van der Waals surface area (Å²) < 4.78 is 53.4. The average Bonchev–Trinajstić information content (AvgIpc) is 2.49. The third-order valence-corrected chi connectivity index (χ3v) is 4.05. The van der Waals surface area contributed by atoms with Gasteiger partial charge in [0.25, 0.3) is 0 Å². The second-order valence-corrected chi connectivity index (χ2v) is 6.02. The molecule has 0 amide bonds. The zero-order valence-corrected chi connectivity index (χ0v) is 13.6. The van der Waals surface area contributed by atoms with Crippen molar-refractivity contribution in [1.82, 2.24) is 0 Å². The van der Waals surface area contributed by atoms with E-state index in [1.165, 1.54) is 36.4 Å². The zero-order chi connectivity index (χ0) is 16.9. The molecule has 0 saturated carbocycles. The van der Waals surface area contributed by atoms with Crippen LogP contribution in [0.15, 0.2) is 47.4 Å². The summed E-state index contributed by atoms with van der Waals surface area (Å²) in [5, 5.41) is 0. The van der Waals surface area contributed by atoms with Gasteiger partial charge in [0, 0.05) is 12.1 Å². The quantitative estimate of drug-likeness (QED) is 0.723. The molecule has 0 aromatic heterocycles. The predicted octanol–water partition coefficient (Wildman–Crippen LogP) is 3.39. The molecule has 2 aromatic rings. The van der Waals surface area contributed by atoms with Gasteiger partial charge >= 0.3 is 10.1 Å². The van der Waals surface area contributed by atoms with E-state index < -0.39 is 15.9 Å². The molecule has 2 rings (SSSR count). The molecule has 23 heavy (non-hydrogen) atoms. The Balaban J connectivity index is 2.33. The molecule has 0 N–H and O–H groups in total. The van der Waals surface area contributed by atoms with Crippen molar-refractivity contribution in [3.8, 4) is 17.2 Å². The van der Waals surface area contributed by atoms with Crippen LogP contribution in [0.1, 0.15) is 13.8 Å². The lowest BCUT2D eigenvalue weighted by atomic mass is 10.3. The third kappa shape index (κ3) is 4.35. The minimum absolute atomic E-state index is 0.100. The van der Waals surface area contributed by atoms with Gasteiger partial charge in [-0.2, -0.15) is 8.42 Å². The van der Waals surface area contributed by atoms with Crippen LogP contribution in [0.4, 0.5) is 4.39 Å². The number of halogens is 1. The summed E-state index contributed by atoms with van der Waals surface area (Å²) in [4.78, 5) is -0.103. The Hall–Kier alpha value is -2.28. The van der Waals surface area contributed by atoms with E-state index in [-0.39, 0.29) is 10.6 Å². The second-order valence-electron chi connectivity index (χ2n) is 4.47. The Morgan fingerprint density at radius 3 is 2.30 bits per heavy atom. The molecule has 0 aliphatic rings. The molecule has 0 atom stereocenters. The predicted molar refractivity (Wildman–Crippen MR) is 83.0 cm³/mol. The van der Waals surface area contributed by atoms with Crippen molar-refractivity contribution >= 4 is 10.1 Å². The van der Waals surface area contributed by atoms with Crippen LogP contribution in [0, 0.1) is 5.82 Å². The Morgan fingerprint density at radius 1 is 0.957 bits per heavy atom. The summed E-state index contributed by atoms with van der Waals surface area (Å²) in [7, 11) is -4.10. The molecule has 2 aromatic carbocycles. The first-order chi connectivity index (χ1) is 11.0. The second kappa shape index (κ2) is 7.32. The Bertz CT molecular complexity index is 774. The summed E-state index contributed by atoms with van der Waals surface area (Å²) in [5.74, 6) is 0.0635. The van der Waals surface area contributed by atoms with Crippen LogP contribution in [0.5, 0.6) is 17.2 Å².